The van der Waals surface area contributed by atoms with Crippen LogP contribution in [0.15, 0.2) is 18.2 Å². The molecule has 0 aliphatic carbocycles. The number of nitrogens with zero attached hydrogens (tertiary/aromatic N) is 1. The fourth-order valence-electron chi connectivity index (χ4n) is 3.02. The van der Waals surface area contributed by atoms with Crippen LogP contribution < -0.4 is 5.32 Å². The molecule has 1 aromatic rings. The number of esters is 1. The number of nitrogens with one attached hydrogen (secondary N) is 1. The summed E-state index contributed by atoms with van der Waals surface area (Å²) in [6, 6.07) is 5.81. The van der Waals surface area contributed by atoms with Gasteiger partial charge in [-0.15, -0.1) is 0 Å². The first kappa shape index (κ1) is 20.2. The van der Waals surface area contributed by atoms with Gasteiger partial charge in [-0.05, 0) is 69.8 Å². The molecule has 0 fully saturated rings. The minimum absolute atomic E-state index is 0.293. The van der Waals surface area contributed by atoms with E-state index in [0.29, 0.717) is 12.1 Å². The van der Waals surface area contributed by atoms with E-state index >= 15 is 0 Å². The highest BCUT2D eigenvalue weighted by Gasteiger charge is 2.18. The largest absolute Gasteiger partial charge is 0.465 e. The second kappa shape index (κ2) is 9.03. The molecule has 6 nitrogen and oxygen atoms in total. The molecule has 0 unspecified atom stereocenters. The van der Waals surface area contributed by atoms with E-state index in [1.165, 1.54) is 18.2 Å². The smallest absolute Gasteiger partial charge is 0.407 e. The third-order valence-corrected chi connectivity index (χ3v) is 4.29. The van der Waals surface area contributed by atoms with E-state index in [-0.39, 0.29) is 12.1 Å². The second-order valence-corrected chi connectivity index (χ2v) is 7.64. The quantitative estimate of drug-likeness (QED) is 0.622. The van der Waals surface area contributed by atoms with Crippen molar-refractivity contribution in [2.75, 3.05) is 26.7 Å². The van der Waals surface area contributed by atoms with E-state index in [2.05, 4.69) is 10.2 Å². The molecule has 2 rings (SSSR count). The first-order chi connectivity index (χ1) is 12.3. The highest BCUT2D eigenvalue weighted by atomic mass is 16.6. The van der Waals surface area contributed by atoms with Gasteiger partial charge in [0.2, 0.25) is 0 Å². The summed E-state index contributed by atoms with van der Waals surface area (Å²) in [5.41, 5.74) is 2.65. The molecule has 0 spiro atoms. The Morgan fingerprint density at radius 2 is 1.96 bits per heavy atom. The van der Waals surface area contributed by atoms with Crippen LogP contribution in [0.5, 0.6) is 0 Å². The zero-order chi connectivity index (χ0) is 19.2. The molecule has 0 saturated heterocycles. The van der Waals surface area contributed by atoms with Crippen LogP contribution in [0.1, 0.15) is 55.1 Å². The summed E-state index contributed by atoms with van der Waals surface area (Å²) in [5.74, 6) is -0.293. The lowest BCUT2D eigenvalue weighted by molar-refractivity contribution is 0.0525. The Balaban J connectivity index is 1.72. The van der Waals surface area contributed by atoms with Gasteiger partial charge in [0.1, 0.15) is 5.60 Å². The minimum atomic E-state index is -0.464. The first-order valence-corrected chi connectivity index (χ1v) is 9.18. The molecular formula is C20H30N2O4. The van der Waals surface area contributed by atoms with Gasteiger partial charge in [-0.1, -0.05) is 6.07 Å². The number of alkyl carbamates (subject to hydrolysis) is 1. The summed E-state index contributed by atoms with van der Waals surface area (Å²) >= 11 is 0. The Hall–Kier alpha value is -2.08. The predicted octanol–water partition coefficient (Wildman–Crippen LogP) is 3.14. The Kier molecular flexibility index (Phi) is 7.03. The maximum Gasteiger partial charge on any atom is 0.407 e. The molecule has 26 heavy (non-hydrogen) atoms. The molecule has 0 saturated carbocycles. The SMILES string of the molecule is COC(=O)c1ccc2c(c1)CN(CCCCNC(=O)OC(C)(C)C)CC2. The number of carbonyl (C=O) groups is 2. The van der Waals surface area contributed by atoms with Crippen LogP contribution in [0.25, 0.3) is 0 Å². The number of fused-ring (bicyclic) bond motifs is 1. The molecule has 0 bridgehead atoms. The average molecular weight is 362 g/mol. The fourth-order valence-corrected chi connectivity index (χ4v) is 3.02. The van der Waals surface area contributed by atoms with Crippen LogP contribution in [0.3, 0.4) is 0 Å². The molecule has 1 aromatic carbocycles. The lowest BCUT2D eigenvalue weighted by Gasteiger charge is -2.29. The maximum absolute atomic E-state index is 11.7. The first-order valence-electron chi connectivity index (χ1n) is 9.18. The van der Waals surface area contributed by atoms with Gasteiger partial charge in [0, 0.05) is 19.6 Å². The van der Waals surface area contributed by atoms with E-state index in [1.54, 1.807) is 0 Å². The zero-order valence-electron chi connectivity index (χ0n) is 16.3. The number of amides is 1. The van der Waals surface area contributed by atoms with Crippen LogP contribution >= 0.6 is 0 Å². The van der Waals surface area contributed by atoms with Crippen LogP contribution in [0.4, 0.5) is 4.79 Å². The number of benzene rings is 1. The standard InChI is InChI=1S/C20H30N2O4/c1-20(2,3)26-19(24)21-10-5-6-11-22-12-9-15-7-8-16(18(23)25-4)13-17(15)14-22/h7-8,13H,5-6,9-12,14H2,1-4H3,(H,21,24). The summed E-state index contributed by atoms with van der Waals surface area (Å²) < 4.78 is 10.0. The number of methoxy groups -OCH3 is 1. The van der Waals surface area contributed by atoms with Gasteiger partial charge >= 0.3 is 12.1 Å². The molecule has 1 amide bonds. The lowest BCUT2D eigenvalue weighted by Crippen LogP contribution is -2.34. The van der Waals surface area contributed by atoms with Crippen molar-refractivity contribution in [2.24, 2.45) is 0 Å². The molecule has 6 heteroatoms. The third kappa shape index (κ3) is 6.33. The van der Waals surface area contributed by atoms with Crippen molar-refractivity contribution in [3.05, 3.63) is 34.9 Å². The zero-order valence-corrected chi connectivity index (χ0v) is 16.3. The normalized spacial score (nSPS) is 14.5. The minimum Gasteiger partial charge on any atom is -0.465 e. The molecule has 1 heterocycles. The number of ether oxygens (including phenoxy) is 2. The van der Waals surface area contributed by atoms with Gasteiger partial charge in [-0.25, -0.2) is 9.59 Å². The van der Waals surface area contributed by atoms with Crippen molar-refractivity contribution in [2.45, 2.75) is 52.2 Å². The molecule has 144 valence electrons. The fraction of sp³-hybridized carbons (Fsp3) is 0.600. The van der Waals surface area contributed by atoms with E-state index in [1.807, 2.05) is 39.0 Å². The van der Waals surface area contributed by atoms with Crippen LogP contribution in [0, 0.1) is 0 Å². The van der Waals surface area contributed by atoms with Crippen LogP contribution in [-0.2, 0) is 22.4 Å². The van der Waals surface area contributed by atoms with E-state index in [4.69, 9.17) is 9.47 Å². The van der Waals surface area contributed by atoms with E-state index in [9.17, 15) is 9.59 Å². The van der Waals surface area contributed by atoms with Crippen molar-refractivity contribution in [1.82, 2.24) is 10.2 Å². The van der Waals surface area contributed by atoms with Gasteiger partial charge in [0.05, 0.1) is 12.7 Å². The summed E-state index contributed by atoms with van der Waals surface area (Å²) in [6.07, 6.45) is 2.54. The second-order valence-electron chi connectivity index (χ2n) is 7.64. The van der Waals surface area contributed by atoms with Crippen molar-refractivity contribution in [3.8, 4) is 0 Å². The summed E-state index contributed by atoms with van der Waals surface area (Å²) in [7, 11) is 1.40. The molecular weight excluding hydrogens is 332 g/mol. The number of hydrogen-bond acceptors (Lipinski definition) is 5. The Morgan fingerprint density at radius 1 is 1.19 bits per heavy atom. The molecule has 1 aliphatic rings. The van der Waals surface area contributed by atoms with Gasteiger partial charge in [-0.2, -0.15) is 0 Å². The molecule has 1 N–H and O–H groups in total. The Bertz CT molecular complexity index is 637. The predicted molar refractivity (Wildman–Crippen MR) is 100 cm³/mol. The topological polar surface area (TPSA) is 67.9 Å². The summed E-state index contributed by atoms with van der Waals surface area (Å²) in [5, 5.41) is 2.79. The average Bonchev–Trinajstić information content (AvgIpc) is 2.58. The molecule has 0 radical (unpaired) electrons. The Morgan fingerprint density at radius 3 is 2.65 bits per heavy atom. The van der Waals surface area contributed by atoms with Crippen molar-refractivity contribution in [3.63, 3.8) is 0 Å². The van der Waals surface area contributed by atoms with Gasteiger partial charge in [-0.3, -0.25) is 4.90 Å². The summed E-state index contributed by atoms with van der Waals surface area (Å²) in [6.45, 7) is 9.01. The van der Waals surface area contributed by atoms with Crippen LogP contribution in [0.2, 0.25) is 0 Å². The monoisotopic (exact) mass is 362 g/mol. The summed E-state index contributed by atoms with van der Waals surface area (Å²) in [4.78, 5) is 25.7. The molecule has 1 aliphatic heterocycles. The number of hydrogen-bond donors (Lipinski definition) is 1. The van der Waals surface area contributed by atoms with E-state index < -0.39 is 5.60 Å². The number of carbonyl (C=O) groups excluding carboxylic acids is 2. The highest BCUT2D eigenvalue weighted by Crippen LogP contribution is 2.21. The van der Waals surface area contributed by atoms with Gasteiger partial charge < -0.3 is 14.8 Å². The lowest BCUT2D eigenvalue weighted by atomic mass is 9.97. The molecule has 0 atom stereocenters. The van der Waals surface area contributed by atoms with E-state index in [0.717, 1.165) is 38.9 Å². The number of rotatable bonds is 6. The van der Waals surface area contributed by atoms with Crippen molar-refractivity contribution < 1.29 is 19.1 Å². The highest BCUT2D eigenvalue weighted by molar-refractivity contribution is 5.89. The van der Waals surface area contributed by atoms with Gasteiger partial charge in [0.25, 0.3) is 0 Å². The van der Waals surface area contributed by atoms with Crippen LogP contribution in [-0.4, -0.2) is 49.3 Å². The molecule has 0 aromatic heterocycles. The number of unbranched alkanes of at least 4 members (excludes halogenated alkanes) is 1. The Labute approximate surface area is 155 Å². The van der Waals surface area contributed by atoms with Crippen molar-refractivity contribution >= 4 is 12.1 Å². The van der Waals surface area contributed by atoms with Gasteiger partial charge in [0.15, 0.2) is 0 Å². The maximum atomic E-state index is 11.7. The third-order valence-electron chi connectivity index (χ3n) is 4.29. The van der Waals surface area contributed by atoms with Crippen molar-refractivity contribution in [1.29, 1.82) is 0 Å².